The fraction of sp³-hybridized carbons (Fsp3) is 0.120. The molecule has 0 radical (unpaired) electrons. The average Bonchev–Trinajstić information content (AvgIpc) is 3.00. The SMILES string of the molecule is C1=CC2=C(CC1)C1(c3ccccc3Sc3ccccc31)c1ccccc12. The molecule has 1 spiro atoms. The third-order valence-electron chi connectivity index (χ3n) is 6.05. The molecule has 3 aromatic carbocycles. The molecule has 6 rings (SSSR count). The largest absolute Gasteiger partial charge is 0.0894 e. The van der Waals surface area contributed by atoms with Gasteiger partial charge in [0.05, 0.1) is 5.41 Å². The first-order valence-corrected chi connectivity index (χ1v) is 10.1. The van der Waals surface area contributed by atoms with Crippen molar-refractivity contribution in [2.75, 3.05) is 0 Å². The minimum atomic E-state index is -0.130. The van der Waals surface area contributed by atoms with E-state index in [1.165, 1.54) is 37.6 Å². The van der Waals surface area contributed by atoms with Crippen LogP contribution in [0.25, 0.3) is 5.57 Å². The van der Waals surface area contributed by atoms with Gasteiger partial charge in [0.1, 0.15) is 0 Å². The van der Waals surface area contributed by atoms with E-state index in [9.17, 15) is 0 Å². The van der Waals surface area contributed by atoms with E-state index >= 15 is 0 Å². The van der Waals surface area contributed by atoms with E-state index in [0.717, 1.165) is 12.8 Å². The molecular weight excluding hydrogens is 332 g/mol. The van der Waals surface area contributed by atoms with Crippen molar-refractivity contribution in [2.24, 2.45) is 0 Å². The summed E-state index contributed by atoms with van der Waals surface area (Å²) in [5.74, 6) is 0. The molecule has 2 aliphatic carbocycles. The van der Waals surface area contributed by atoms with Crippen LogP contribution in [0.5, 0.6) is 0 Å². The summed E-state index contributed by atoms with van der Waals surface area (Å²) in [6.07, 6.45) is 6.96. The molecule has 3 aliphatic rings. The summed E-state index contributed by atoms with van der Waals surface area (Å²) in [4.78, 5) is 2.79. The first kappa shape index (κ1) is 14.6. The van der Waals surface area contributed by atoms with Crippen LogP contribution in [-0.2, 0) is 5.41 Å². The molecule has 0 aromatic heterocycles. The van der Waals surface area contributed by atoms with Gasteiger partial charge in [-0.3, -0.25) is 0 Å². The molecule has 0 bridgehead atoms. The molecule has 0 saturated carbocycles. The van der Waals surface area contributed by atoms with Crippen LogP contribution >= 0.6 is 11.8 Å². The van der Waals surface area contributed by atoms with Gasteiger partial charge in [0.2, 0.25) is 0 Å². The molecular formula is C25H18S. The molecule has 0 nitrogen and oxygen atoms in total. The van der Waals surface area contributed by atoms with Crippen LogP contribution in [0.4, 0.5) is 0 Å². The molecule has 124 valence electrons. The Kier molecular flexibility index (Phi) is 2.95. The van der Waals surface area contributed by atoms with Crippen molar-refractivity contribution in [2.45, 2.75) is 28.0 Å². The van der Waals surface area contributed by atoms with Crippen LogP contribution < -0.4 is 0 Å². The Labute approximate surface area is 158 Å². The van der Waals surface area contributed by atoms with Crippen molar-refractivity contribution >= 4 is 17.3 Å². The Balaban J connectivity index is 1.83. The zero-order valence-corrected chi connectivity index (χ0v) is 15.2. The van der Waals surface area contributed by atoms with Crippen molar-refractivity contribution in [1.82, 2.24) is 0 Å². The molecule has 3 aromatic rings. The summed E-state index contributed by atoms with van der Waals surface area (Å²) in [6.45, 7) is 0. The molecule has 0 atom stereocenters. The van der Waals surface area contributed by atoms with Gasteiger partial charge in [-0.2, -0.15) is 0 Å². The lowest BCUT2D eigenvalue weighted by Gasteiger charge is -2.41. The highest BCUT2D eigenvalue weighted by Crippen LogP contribution is 2.62. The maximum absolute atomic E-state index is 2.36. The first-order valence-electron chi connectivity index (χ1n) is 9.27. The monoisotopic (exact) mass is 350 g/mol. The third-order valence-corrected chi connectivity index (χ3v) is 7.20. The Hall–Kier alpha value is -2.51. The standard InChI is InChI=1S/C25H18S/c1-3-11-19-17(9-1)18-10-2-4-12-20(18)25(19)21-13-5-7-15-23(21)26-24-16-8-6-14-22(24)25/h1-3,5-11,13-16H,4,12H2. The molecule has 26 heavy (non-hydrogen) atoms. The second-order valence-corrected chi connectivity index (χ2v) is 8.31. The Morgan fingerprint density at radius 3 is 2.04 bits per heavy atom. The Bertz CT molecular complexity index is 1070. The van der Waals surface area contributed by atoms with Crippen LogP contribution in [0.15, 0.2) is 100 Å². The predicted molar refractivity (Wildman–Crippen MR) is 109 cm³/mol. The summed E-state index contributed by atoms with van der Waals surface area (Å²) < 4.78 is 0. The number of allylic oxidation sites excluding steroid dienone is 4. The van der Waals surface area contributed by atoms with E-state index in [1.807, 2.05) is 11.8 Å². The normalized spacial score (nSPS) is 18.3. The van der Waals surface area contributed by atoms with Crippen molar-refractivity contribution in [3.05, 3.63) is 113 Å². The summed E-state index contributed by atoms with van der Waals surface area (Å²) in [7, 11) is 0. The van der Waals surface area contributed by atoms with Gasteiger partial charge < -0.3 is 0 Å². The van der Waals surface area contributed by atoms with Gasteiger partial charge in [-0.25, -0.2) is 0 Å². The number of fused-ring (bicyclic) bond motifs is 8. The second-order valence-electron chi connectivity index (χ2n) is 7.22. The summed E-state index contributed by atoms with van der Waals surface area (Å²) in [5.41, 5.74) is 8.68. The molecule has 0 N–H and O–H groups in total. The van der Waals surface area contributed by atoms with Crippen LogP contribution in [-0.4, -0.2) is 0 Å². The van der Waals surface area contributed by atoms with E-state index in [4.69, 9.17) is 0 Å². The van der Waals surface area contributed by atoms with E-state index in [0.29, 0.717) is 0 Å². The molecule has 1 heterocycles. The fourth-order valence-corrected chi connectivity index (χ4v) is 6.32. The first-order chi connectivity index (χ1) is 12.9. The van der Waals surface area contributed by atoms with E-state index < -0.39 is 0 Å². The van der Waals surface area contributed by atoms with E-state index in [-0.39, 0.29) is 5.41 Å². The maximum atomic E-state index is 2.36. The number of rotatable bonds is 0. The van der Waals surface area contributed by atoms with Crippen LogP contribution in [0.3, 0.4) is 0 Å². The van der Waals surface area contributed by atoms with Gasteiger partial charge in [-0.05, 0) is 58.4 Å². The topological polar surface area (TPSA) is 0 Å². The Morgan fingerprint density at radius 1 is 0.692 bits per heavy atom. The van der Waals surface area contributed by atoms with E-state index in [2.05, 4.69) is 84.9 Å². The number of hydrogen-bond acceptors (Lipinski definition) is 1. The zero-order chi connectivity index (χ0) is 17.1. The predicted octanol–water partition coefficient (Wildman–Crippen LogP) is 6.60. The van der Waals surface area contributed by atoms with Gasteiger partial charge in [0.15, 0.2) is 0 Å². The van der Waals surface area contributed by atoms with Crippen LogP contribution in [0.2, 0.25) is 0 Å². The molecule has 0 unspecified atom stereocenters. The molecule has 1 heteroatoms. The van der Waals surface area contributed by atoms with Crippen molar-refractivity contribution in [3.8, 4) is 0 Å². The third kappa shape index (κ3) is 1.67. The van der Waals surface area contributed by atoms with Gasteiger partial charge in [-0.15, -0.1) is 0 Å². The summed E-state index contributed by atoms with van der Waals surface area (Å²) >= 11 is 1.92. The maximum Gasteiger partial charge on any atom is 0.0698 e. The highest BCUT2D eigenvalue weighted by Gasteiger charge is 2.50. The lowest BCUT2D eigenvalue weighted by molar-refractivity contribution is 0.664. The van der Waals surface area contributed by atoms with Crippen LogP contribution in [0, 0.1) is 0 Å². The minimum Gasteiger partial charge on any atom is -0.0894 e. The molecule has 0 fully saturated rings. The highest BCUT2D eigenvalue weighted by atomic mass is 32.2. The summed E-state index contributed by atoms with van der Waals surface area (Å²) in [5, 5.41) is 0. The quantitative estimate of drug-likeness (QED) is 0.440. The lowest BCUT2D eigenvalue weighted by Crippen LogP contribution is -2.33. The molecule has 0 saturated heterocycles. The van der Waals surface area contributed by atoms with Gasteiger partial charge in [0, 0.05) is 9.79 Å². The Morgan fingerprint density at radius 2 is 1.31 bits per heavy atom. The highest BCUT2D eigenvalue weighted by molar-refractivity contribution is 7.99. The van der Waals surface area contributed by atoms with Crippen molar-refractivity contribution < 1.29 is 0 Å². The van der Waals surface area contributed by atoms with Crippen LogP contribution in [0.1, 0.15) is 35.1 Å². The molecule has 1 aliphatic heterocycles. The minimum absolute atomic E-state index is 0.130. The fourth-order valence-electron chi connectivity index (χ4n) is 5.12. The molecule has 0 amide bonds. The average molecular weight is 350 g/mol. The van der Waals surface area contributed by atoms with Gasteiger partial charge >= 0.3 is 0 Å². The number of hydrogen-bond donors (Lipinski definition) is 0. The van der Waals surface area contributed by atoms with Crippen molar-refractivity contribution in [1.29, 1.82) is 0 Å². The summed E-state index contributed by atoms with van der Waals surface area (Å²) in [6, 6.07) is 27.1. The van der Waals surface area contributed by atoms with E-state index in [1.54, 1.807) is 5.57 Å². The smallest absolute Gasteiger partial charge is 0.0698 e. The van der Waals surface area contributed by atoms with Crippen molar-refractivity contribution in [3.63, 3.8) is 0 Å². The lowest BCUT2D eigenvalue weighted by atomic mass is 9.65. The number of benzene rings is 3. The zero-order valence-electron chi connectivity index (χ0n) is 14.4. The van der Waals surface area contributed by atoms with Gasteiger partial charge in [-0.1, -0.05) is 84.6 Å². The van der Waals surface area contributed by atoms with Gasteiger partial charge in [0.25, 0.3) is 0 Å². The second kappa shape index (κ2) is 5.25.